The number of benzene rings is 1. The smallest absolute Gasteiger partial charge is 0.410 e. The SMILES string of the molecule is CCOc1nc(N2CCC(N(C)C(=O)OC(C)(C)C)C2)ncc1C(=O)Nc1cc(F)c2nn(C)cc2c1. The maximum atomic E-state index is 14.4. The summed E-state index contributed by atoms with van der Waals surface area (Å²) in [6, 6.07) is 2.79. The highest BCUT2D eigenvalue weighted by atomic mass is 19.1. The predicted molar refractivity (Wildman–Crippen MR) is 136 cm³/mol. The van der Waals surface area contributed by atoms with Gasteiger partial charge in [0, 0.05) is 50.7 Å². The normalized spacial score (nSPS) is 15.6. The second-order valence-corrected chi connectivity index (χ2v) is 9.95. The Labute approximate surface area is 214 Å². The highest BCUT2D eigenvalue weighted by Gasteiger charge is 2.32. The third-order valence-corrected chi connectivity index (χ3v) is 5.88. The van der Waals surface area contributed by atoms with Gasteiger partial charge in [-0.3, -0.25) is 9.48 Å². The van der Waals surface area contributed by atoms with Gasteiger partial charge in [0.2, 0.25) is 11.8 Å². The quantitative estimate of drug-likeness (QED) is 0.532. The van der Waals surface area contributed by atoms with Crippen LogP contribution in [0, 0.1) is 5.82 Å². The zero-order chi connectivity index (χ0) is 26.9. The highest BCUT2D eigenvalue weighted by Crippen LogP contribution is 2.26. The standard InChI is InChI=1S/C25H32FN7O4/c1-7-36-22-18(21(34)28-16-10-15-13-31(5)30-20(15)19(26)11-16)12-27-23(29-22)33-9-8-17(14-33)32(6)24(35)37-25(2,3)4/h10-13,17H,7-9,14H2,1-6H3,(H,28,34). The molecule has 1 N–H and O–H groups in total. The van der Waals surface area contributed by atoms with Crippen molar-refractivity contribution in [1.29, 1.82) is 0 Å². The Kier molecular flexibility index (Phi) is 7.19. The summed E-state index contributed by atoms with van der Waals surface area (Å²) in [5, 5.41) is 7.33. The average molecular weight is 514 g/mol. The van der Waals surface area contributed by atoms with E-state index < -0.39 is 17.3 Å². The summed E-state index contributed by atoms with van der Waals surface area (Å²) in [7, 11) is 3.41. The lowest BCUT2D eigenvalue weighted by Crippen LogP contribution is -2.42. The van der Waals surface area contributed by atoms with Crippen LogP contribution in [-0.4, -0.2) is 75.0 Å². The van der Waals surface area contributed by atoms with E-state index in [4.69, 9.17) is 9.47 Å². The molecular formula is C25H32FN7O4. The van der Waals surface area contributed by atoms with Crippen LogP contribution in [0.1, 0.15) is 44.5 Å². The highest BCUT2D eigenvalue weighted by molar-refractivity contribution is 6.06. The van der Waals surface area contributed by atoms with Crippen LogP contribution in [0.5, 0.6) is 5.88 Å². The molecule has 1 atom stereocenters. The molecule has 1 fully saturated rings. The van der Waals surface area contributed by atoms with Crippen molar-refractivity contribution < 1.29 is 23.5 Å². The Morgan fingerprint density at radius 2 is 2.05 bits per heavy atom. The number of halogens is 1. The van der Waals surface area contributed by atoms with Crippen LogP contribution in [0.15, 0.2) is 24.5 Å². The molecule has 1 saturated heterocycles. The van der Waals surface area contributed by atoms with E-state index >= 15 is 0 Å². The van der Waals surface area contributed by atoms with E-state index in [1.54, 1.807) is 38.2 Å². The van der Waals surface area contributed by atoms with Crippen molar-refractivity contribution in [2.24, 2.45) is 7.05 Å². The number of carbonyl (C=O) groups excluding carboxylic acids is 2. The number of ether oxygens (including phenoxy) is 2. The summed E-state index contributed by atoms with van der Waals surface area (Å²) in [5.41, 5.74) is 0.0517. The van der Waals surface area contributed by atoms with Gasteiger partial charge in [-0.15, -0.1) is 0 Å². The van der Waals surface area contributed by atoms with Crippen molar-refractivity contribution in [3.63, 3.8) is 0 Å². The van der Waals surface area contributed by atoms with Gasteiger partial charge in [0.05, 0.1) is 12.6 Å². The minimum atomic E-state index is -0.578. The minimum Gasteiger partial charge on any atom is -0.477 e. The van der Waals surface area contributed by atoms with E-state index in [2.05, 4.69) is 20.4 Å². The second-order valence-electron chi connectivity index (χ2n) is 9.95. The summed E-state index contributed by atoms with van der Waals surface area (Å²) >= 11 is 0. The van der Waals surface area contributed by atoms with Crippen LogP contribution in [0.2, 0.25) is 0 Å². The fourth-order valence-electron chi connectivity index (χ4n) is 4.12. The number of aryl methyl sites for hydroxylation is 1. The molecule has 0 bridgehead atoms. The van der Waals surface area contributed by atoms with Crippen molar-refractivity contribution in [3.8, 4) is 5.88 Å². The molecule has 3 aromatic rings. The van der Waals surface area contributed by atoms with Crippen molar-refractivity contribution in [2.45, 2.75) is 45.8 Å². The summed E-state index contributed by atoms with van der Waals surface area (Å²) in [4.78, 5) is 37.9. The van der Waals surface area contributed by atoms with Gasteiger partial charge in [-0.25, -0.2) is 14.2 Å². The number of nitrogens with zero attached hydrogens (tertiary/aromatic N) is 6. The lowest BCUT2D eigenvalue weighted by Gasteiger charge is -2.28. The van der Waals surface area contributed by atoms with Crippen LogP contribution in [0.4, 0.5) is 20.8 Å². The van der Waals surface area contributed by atoms with Crippen molar-refractivity contribution in [2.75, 3.05) is 37.0 Å². The number of amides is 2. The topological polar surface area (TPSA) is 115 Å². The molecule has 12 heteroatoms. The van der Waals surface area contributed by atoms with Crippen LogP contribution in [0.25, 0.3) is 10.9 Å². The first-order valence-corrected chi connectivity index (χ1v) is 12.1. The Hall–Kier alpha value is -3.96. The van der Waals surface area contributed by atoms with E-state index in [0.29, 0.717) is 30.8 Å². The van der Waals surface area contributed by atoms with E-state index in [1.807, 2.05) is 25.7 Å². The van der Waals surface area contributed by atoms with Crippen molar-refractivity contribution >= 4 is 34.5 Å². The largest absolute Gasteiger partial charge is 0.477 e. The van der Waals surface area contributed by atoms with Gasteiger partial charge in [-0.2, -0.15) is 10.1 Å². The van der Waals surface area contributed by atoms with Gasteiger partial charge in [0.15, 0.2) is 5.82 Å². The average Bonchev–Trinajstić information content (AvgIpc) is 3.44. The Balaban J connectivity index is 1.49. The molecule has 0 spiro atoms. The third kappa shape index (κ3) is 5.89. The van der Waals surface area contributed by atoms with E-state index in [9.17, 15) is 14.0 Å². The van der Waals surface area contributed by atoms with E-state index in [0.717, 1.165) is 0 Å². The van der Waals surface area contributed by atoms with Crippen molar-refractivity contribution in [1.82, 2.24) is 24.6 Å². The first-order chi connectivity index (χ1) is 17.4. The number of nitrogens with one attached hydrogen (secondary N) is 1. The molecule has 1 aromatic carbocycles. The first kappa shape index (κ1) is 26.1. The summed E-state index contributed by atoms with van der Waals surface area (Å²) in [5.74, 6) is -0.550. The molecule has 0 saturated carbocycles. The summed E-state index contributed by atoms with van der Waals surface area (Å²) < 4.78 is 27.1. The fourth-order valence-corrected chi connectivity index (χ4v) is 4.12. The molecule has 1 aliphatic heterocycles. The zero-order valence-corrected chi connectivity index (χ0v) is 21.9. The maximum Gasteiger partial charge on any atom is 0.410 e. The molecule has 198 valence electrons. The van der Waals surface area contributed by atoms with Crippen molar-refractivity contribution in [3.05, 3.63) is 35.9 Å². The van der Waals surface area contributed by atoms with Crippen LogP contribution >= 0.6 is 0 Å². The molecule has 1 aliphatic rings. The summed E-state index contributed by atoms with van der Waals surface area (Å²) in [6.45, 7) is 8.70. The Morgan fingerprint density at radius 3 is 2.76 bits per heavy atom. The molecule has 37 heavy (non-hydrogen) atoms. The number of fused-ring (bicyclic) bond motifs is 1. The molecule has 4 rings (SSSR count). The van der Waals surface area contributed by atoms with E-state index in [-0.39, 0.29) is 41.4 Å². The number of aromatic nitrogens is 4. The van der Waals surface area contributed by atoms with Crippen LogP contribution < -0.4 is 15.0 Å². The zero-order valence-electron chi connectivity index (χ0n) is 21.9. The molecule has 2 aromatic heterocycles. The molecule has 0 radical (unpaired) electrons. The first-order valence-electron chi connectivity index (χ1n) is 12.1. The molecule has 3 heterocycles. The fraction of sp³-hybridized carbons (Fsp3) is 0.480. The third-order valence-electron chi connectivity index (χ3n) is 5.88. The van der Waals surface area contributed by atoms with Crippen LogP contribution in [0.3, 0.4) is 0 Å². The molecule has 1 unspecified atom stereocenters. The predicted octanol–water partition coefficient (Wildman–Crippen LogP) is 3.60. The van der Waals surface area contributed by atoms with Gasteiger partial charge in [0.25, 0.3) is 5.91 Å². The maximum absolute atomic E-state index is 14.4. The van der Waals surface area contributed by atoms with E-state index in [1.165, 1.54) is 16.9 Å². The number of rotatable bonds is 6. The summed E-state index contributed by atoms with van der Waals surface area (Å²) in [6.07, 6.45) is 3.39. The second kappa shape index (κ2) is 10.2. The number of anilines is 2. The van der Waals surface area contributed by atoms with Gasteiger partial charge in [-0.05, 0) is 46.2 Å². The molecule has 11 nitrogen and oxygen atoms in total. The van der Waals surface area contributed by atoms with Gasteiger partial charge < -0.3 is 24.6 Å². The molecule has 2 amide bonds. The van der Waals surface area contributed by atoms with Gasteiger partial charge in [0.1, 0.15) is 16.7 Å². The number of carbonyl (C=O) groups is 2. The Morgan fingerprint density at radius 1 is 1.30 bits per heavy atom. The lowest BCUT2D eigenvalue weighted by molar-refractivity contribution is 0.0237. The number of likely N-dealkylation sites (N-methyl/N-ethyl adjacent to an activating group) is 1. The Bertz CT molecular complexity index is 1320. The van der Waals surface area contributed by atoms with Crippen LogP contribution in [-0.2, 0) is 11.8 Å². The minimum absolute atomic E-state index is 0.0748. The lowest BCUT2D eigenvalue weighted by atomic mass is 10.2. The van der Waals surface area contributed by atoms with Gasteiger partial charge >= 0.3 is 6.09 Å². The van der Waals surface area contributed by atoms with Gasteiger partial charge in [-0.1, -0.05) is 0 Å². The molecular weight excluding hydrogens is 481 g/mol. The monoisotopic (exact) mass is 513 g/mol. The number of hydrogen-bond donors (Lipinski definition) is 1. The molecule has 0 aliphatic carbocycles. The number of hydrogen-bond acceptors (Lipinski definition) is 8.